The molecule has 144 valence electrons. The minimum atomic E-state index is -0.238. The number of carbonyl (C=O) groups excluding carboxylic acids is 1. The molecule has 0 bridgehead atoms. The summed E-state index contributed by atoms with van der Waals surface area (Å²) < 4.78 is 14.3. The van der Waals surface area contributed by atoms with Crippen LogP contribution in [0.2, 0.25) is 0 Å². The number of hydrogen-bond acceptors (Lipinski definition) is 3. The minimum Gasteiger partial charge on any atom is -0.341 e. The Hall–Kier alpha value is -3.02. The molecule has 6 heteroatoms. The second kappa shape index (κ2) is 7.92. The molecule has 1 aliphatic rings. The summed E-state index contributed by atoms with van der Waals surface area (Å²) >= 11 is 0. The molecule has 0 unspecified atom stereocenters. The van der Waals surface area contributed by atoms with Crippen molar-refractivity contribution in [1.82, 2.24) is 14.7 Å². The van der Waals surface area contributed by atoms with Gasteiger partial charge in [0.25, 0.3) is 5.56 Å². The maximum absolute atomic E-state index is 13.0. The lowest BCUT2D eigenvalue weighted by Gasteiger charge is -2.32. The van der Waals surface area contributed by atoms with Crippen LogP contribution in [0.5, 0.6) is 0 Å². The van der Waals surface area contributed by atoms with Crippen molar-refractivity contribution in [3.8, 4) is 0 Å². The van der Waals surface area contributed by atoms with E-state index in [1.165, 1.54) is 16.8 Å². The Morgan fingerprint density at radius 1 is 1.07 bits per heavy atom. The predicted molar refractivity (Wildman–Crippen MR) is 105 cm³/mol. The monoisotopic (exact) mass is 379 g/mol. The largest absolute Gasteiger partial charge is 0.341 e. The molecule has 1 aromatic heterocycles. The van der Waals surface area contributed by atoms with Crippen LogP contribution in [-0.4, -0.2) is 33.7 Å². The van der Waals surface area contributed by atoms with Gasteiger partial charge in [-0.1, -0.05) is 30.3 Å². The quantitative estimate of drug-likeness (QED) is 0.700. The van der Waals surface area contributed by atoms with Gasteiger partial charge in [-0.05, 0) is 48.9 Å². The molecule has 1 saturated heterocycles. The van der Waals surface area contributed by atoms with Crippen LogP contribution in [0.3, 0.4) is 0 Å². The summed E-state index contributed by atoms with van der Waals surface area (Å²) in [7, 11) is 0. The highest BCUT2D eigenvalue weighted by atomic mass is 19.1. The third-order valence-corrected chi connectivity index (χ3v) is 5.45. The lowest BCUT2D eigenvalue weighted by Crippen LogP contribution is -2.42. The van der Waals surface area contributed by atoms with E-state index in [4.69, 9.17) is 0 Å². The Bertz CT molecular complexity index is 1040. The molecular formula is C22H22FN3O2. The van der Waals surface area contributed by atoms with E-state index in [-0.39, 0.29) is 23.8 Å². The highest BCUT2D eigenvalue weighted by molar-refractivity contribution is 5.81. The van der Waals surface area contributed by atoms with Gasteiger partial charge in [0.1, 0.15) is 12.4 Å². The van der Waals surface area contributed by atoms with Crippen molar-refractivity contribution in [2.45, 2.75) is 25.8 Å². The number of nitrogens with zero attached hydrogens (tertiary/aromatic N) is 3. The zero-order valence-corrected chi connectivity index (χ0v) is 15.6. The van der Waals surface area contributed by atoms with Crippen molar-refractivity contribution < 1.29 is 9.18 Å². The fourth-order valence-electron chi connectivity index (χ4n) is 3.81. The van der Waals surface area contributed by atoms with Gasteiger partial charge in [-0.3, -0.25) is 9.59 Å². The van der Waals surface area contributed by atoms with Crippen molar-refractivity contribution in [3.05, 3.63) is 76.5 Å². The minimum absolute atomic E-state index is 0.0354. The van der Waals surface area contributed by atoms with Gasteiger partial charge in [0.15, 0.2) is 0 Å². The summed E-state index contributed by atoms with van der Waals surface area (Å²) in [5, 5.41) is 5.49. The van der Waals surface area contributed by atoms with E-state index in [2.05, 4.69) is 5.10 Å². The fourth-order valence-corrected chi connectivity index (χ4v) is 3.81. The first-order valence-electron chi connectivity index (χ1n) is 9.57. The van der Waals surface area contributed by atoms with Crippen LogP contribution >= 0.6 is 0 Å². The zero-order chi connectivity index (χ0) is 19.5. The van der Waals surface area contributed by atoms with Gasteiger partial charge in [0.05, 0.1) is 11.6 Å². The molecule has 0 saturated carbocycles. The van der Waals surface area contributed by atoms with Crippen molar-refractivity contribution >= 4 is 16.7 Å². The first-order chi connectivity index (χ1) is 13.6. The maximum Gasteiger partial charge on any atom is 0.275 e. The number of halogens is 1. The molecule has 0 spiro atoms. The smallest absolute Gasteiger partial charge is 0.275 e. The number of hydrogen-bond donors (Lipinski definition) is 0. The van der Waals surface area contributed by atoms with Gasteiger partial charge in [-0.15, -0.1) is 0 Å². The topological polar surface area (TPSA) is 55.2 Å². The van der Waals surface area contributed by atoms with Crippen molar-refractivity contribution in [1.29, 1.82) is 0 Å². The van der Waals surface area contributed by atoms with Crippen LogP contribution in [-0.2, 0) is 17.8 Å². The molecule has 2 aromatic carbocycles. The average molecular weight is 379 g/mol. The number of likely N-dealkylation sites (tertiary alicyclic amines) is 1. The molecule has 5 nitrogen and oxygen atoms in total. The molecule has 4 rings (SSSR count). The molecule has 1 amide bonds. The highest BCUT2D eigenvalue weighted by Crippen LogP contribution is 2.22. The Labute approximate surface area is 162 Å². The number of benzene rings is 2. The van der Waals surface area contributed by atoms with E-state index >= 15 is 0 Å². The predicted octanol–water partition coefficient (Wildman–Crippen LogP) is 3.02. The third kappa shape index (κ3) is 3.96. The molecule has 1 aliphatic heterocycles. The van der Waals surface area contributed by atoms with Crippen LogP contribution in [0.25, 0.3) is 10.8 Å². The Morgan fingerprint density at radius 3 is 2.54 bits per heavy atom. The van der Waals surface area contributed by atoms with E-state index in [1.54, 1.807) is 12.3 Å². The average Bonchev–Trinajstić information content (AvgIpc) is 2.72. The maximum atomic E-state index is 13.0. The molecule has 0 N–H and O–H groups in total. The summed E-state index contributed by atoms with van der Waals surface area (Å²) in [6.07, 6.45) is 4.33. The van der Waals surface area contributed by atoms with Crippen LogP contribution in [0.15, 0.2) is 59.5 Å². The van der Waals surface area contributed by atoms with E-state index in [9.17, 15) is 14.0 Å². The Morgan fingerprint density at radius 2 is 1.79 bits per heavy atom. The second-order valence-corrected chi connectivity index (χ2v) is 7.35. The van der Waals surface area contributed by atoms with E-state index in [1.807, 2.05) is 35.2 Å². The molecule has 0 aliphatic carbocycles. The van der Waals surface area contributed by atoms with Gasteiger partial charge >= 0.3 is 0 Å². The van der Waals surface area contributed by atoms with Crippen molar-refractivity contribution in [2.75, 3.05) is 13.1 Å². The van der Waals surface area contributed by atoms with E-state index in [0.29, 0.717) is 24.4 Å². The zero-order valence-electron chi connectivity index (χ0n) is 15.6. The van der Waals surface area contributed by atoms with Gasteiger partial charge < -0.3 is 4.90 Å². The number of fused-ring (bicyclic) bond motifs is 1. The Balaban J connectivity index is 1.36. The summed E-state index contributed by atoms with van der Waals surface area (Å²) in [6.45, 7) is 1.31. The molecule has 1 fully saturated rings. The van der Waals surface area contributed by atoms with Crippen LogP contribution in [0, 0.1) is 11.7 Å². The summed E-state index contributed by atoms with van der Waals surface area (Å²) in [4.78, 5) is 27.0. The Kier molecular flexibility index (Phi) is 5.19. The SMILES string of the molecule is O=C(Cn1ncc2ccccc2c1=O)N1CCC(Cc2ccc(F)cc2)CC1. The number of piperidine rings is 1. The van der Waals surface area contributed by atoms with Gasteiger partial charge in [-0.25, -0.2) is 9.07 Å². The summed E-state index contributed by atoms with van der Waals surface area (Å²) in [5.74, 6) is 0.183. The second-order valence-electron chi connectivity index (χ2n) is 7.35. The number of rotatable bonds is 4. The lowest BCUT2D eigenvalue weighted by atomic mass is 9.90. The van der Waals surface area contributed by atoms with Gasteiger partial charge in [-0.2, -0.15) is 5.10 Å². The number of amides is 1. The fraction of sp³-hybridized carbons (Fsp3) is 0.318. The molecule has 3 aromatic rings. The number of aromatic nitrogens is 2. The molecular weight excluding hydrogens is 357 g/mol. The number of carbonyl (C=O) groups is 1. The van der Waals surface area contributed by atoms with Gasteiger partial charge in [0.2, 0.25) is 5.91 Å². The van der Waals surface area contributed by atoms with Crippen LogP contribution in [0.1, 0.15) is 18.4 Å². The third-order valence-electron chi connectivity index (χ3n) is 5.45. The van der Waals surface area contributed by atoms with Gasteiger partial charge in [0, 0.05) is 18.5 Å². The standard InChI is InChI=1S/C22H22FN3O2/c23-19-7-5-16(6-8-19)13-17-9-11-25(12-10-17)21(27)15-26-22(28)20-4-2-1-3-18(20)14-24-26/h1-8,14,17H,9-13,15H2. The van der Waals surface area contributed by atoms with E-state index in [0.717, 1.165) is 30.2 Å². The molecule has 28 heavy (non-hydrogen) atoms. The normalized spacial score (nSPS) is 15.1. The lowest BCUT2D eigenvalue weighted by molar-refractivity contribution is -0.133. The van der Waals surface area contributed by atoms with Crippen LogP contribution in [0.4, 0.5) is 4.39 Å². The van der Waals surface area contributed by atoms with E-state index < -0.39 is 0 Å². The highest BCUT2D eigenvalue weighted by Gasteiger charge is 2.23. The molecule has 2 heterocycles. The summed E-state index contributed by atoms with van der Waals surface area (Å²) in [6, 6.07) is 13.9. The molecule has 0 radical (unpaired) electrons. The van der Waals surface area contributed by atoms with Crippen LogP contribution < -0.4 is 5.56 Å². The molecule has 0 atom stereocenters. The first kappa shape index (κ1) is 18.3. The summed E-state index contributed by atoms with van der Waals surface area (Å²) in [5.41, 5.74) is 0.885. The first-order valence-corrected chi connectivity index (χ1v) is 9.57. The van der Waals surface area contributed by atoms with Crippen molar-refractivity contribution in [3.63, 3.8) is 0 Å². The van der Waals surface area contributed by atoms with Crippen molar-refractivity contribution in [2.24, 2.45) is 5.92 Å².